The molecule has 0 aromatic heterocycles. The smallest absolute Gasteiger partial charge is 0.276 e. The molecule has 100 valence electrons. The van der Waals surface area contributed by atoms with Crippen molar-refractivity contribution in [3.05, 3.63) is 23.4 Å². The normalized spacial score (nSPS) is 23.7. The van der Waals surface area contributed by atoms with Gasteiger partial charge in [0.1, 0.15) is 6.07 Å². The van der Waals surface area contributed by atoms with E-state index in [-0.39, 0.29) is 11.6 Å². The molecule has 0 unspecified atom stereocenters. The molecule has 1 amide bonds. The zero-order valence-corrected chi connectivity index (χ0v) is 11.6. The molecule has 0 spiro atoms. The number of carbonyl (C=O) groups is 1. The third-order valence-corrected chi connectivity index (χ3v) is 3.40. The lowest BCUT2D eigenvalue weighted by Gasteiger charge is -2.24. The quantitative estimate of drug-likeness (QED) is 0.708. The van der Waals surface area contributed by atoms with Crippen LogP contribution >= 0.6 is 0 Å². The van der Waals surface area contributed by atoms with Crippen molar-refractivity contribution in [3.63, 3.8) is 0 Å². The fourth-order valence-corrected chi connectivity index (χ4v) is 2.42. The highest BCUT2D eigenvalue weighted by Crippen LogP contribution is 2.24. The van der Waals surface area contributed by atoms with Gasteiger partial charge in [0, 0.05) is 25.3 Å². The van der Waals surface area contributed by atoms with Crippen molar-refractivity contribution < 1.29 is 4.79 Å². The van der Waals surface area contributed by atoms with Crippen molar-refractivity contribution in [1.29, 1.82) is 5.26 Å². The van der Waals surface area contributed by atoms with Crippen LogP contribution < -0.4 is 0 Å². The van der Waals surface area contributed by atoms with Gasteiger partial charge in [-0.05, 0) is 38.8 Å². The van der Waals surface area contributed by atoms with Gasteiger partial charge in [0.2, 0.25) is 0 Å². The number of hydrogen-bond donors (Lipinski definition) is 0. The van der Waals surface area contributed by atoms with Gasteiger partial charge >= 0.3 is 0 Å². The first-order chi connectivity index (χ1) is 9.04. The van der Waals surface area contributed by atoms with E-state index in [2.05, 4.69) is 23.8 Å². The predicted molar refractivity (Wildman–Crippen MR) is 73.1 cm³/mol. The summed E-state index contributed by atoms with van der Waals surface area (Å²) in [6.07, 6.45) is 5.83. The van der Waals surface area contributed by atoms with Crippen LogP contribution in [0.2, 0.25) is 0 Å². The molecule has 1 saturated heterocycles. The van der Waals surface area contributed by atoms with Crippen molar-refractivity contribution >= 4 is 11.6 Å². The zero-order valence-electron chi connectivity index (χ0n) is 11.6. The second-order valence-corrected chi connectivity index (χ2v) is 5.02. The monoisotopic (exact) mass is 258 g/mol. The van der Waals surface area contributed by atoms with Gasteiger partial charge < -0.3 is 4.90 Å². The summed E-state index contributed by atoms with van der Waals surface area (Å²) in [6.45, 7) is 5.37. The maximum Gasteiger partial charge on any atom is 0.276 e. The van der Waals surface area contributed by atoms with Gasteiger partial charge in [-0.25, -0.2) is 5.01 Å². The second-order valence-electron chi connectivity index (χ2n) is 5.02. The number of nitriles is 1. The molecule has 2 aliphatic heterocycles. The first-order valence-electron chi connectivity index (χ1n) is 6.49. The lowest BCUT2D eigenvalue weighted by atomic mass is 10.1. The molecule has 0 aromatic rings. The molecule has 2 aliphatic rings. The third kappa shape index (κ3) is 2.53. The molecule has 5 heteroatoms. The van der Waals surface area contributed by atoms with Crippen LogP contribution in [-0.4, -0.2) is 41.2 Å². The zero-order chi connectivity index (χ0) is 14.0. The van der Waals surface area contributed by atoms with E-state index in [1.54, 1.807) is 13.1 Å². The number of hydrazone groups is 1. The van der Waals surface area contributed by atoms with Crippen LogP contribution in [-0.2, 0) is 4.79 Å². The van der Waals surface area contributed by atoms with Gasteiger partial charge in [-0.3, -0.25) is 4.79 Å². The first-order valence-corrected chi connectivity index (χ1v) is 6.49. The Hall–Kier alpha value is -2.09. The van der Waals surface area contributed by atoms with Crippen LogP contribution in [0.1, 0.15) is 26.7 Å². The Bertz CT molecular complexity index is 522. The van der Waals surface area contributed by atoms with E-state index in [1.807, 2.05) is 12.1 Å². The fourth-order valence-electron chi connectivity index (χ4n) is 2.42. The van der Waals surface area contributed by atoms with Gasteiger partial charge in [0.15, 0.2) is 5.71 Å². The minimum Gasteiger partial charge on any atom is -0.372 e. The average molecular weight is 258 g/mol. The van der Waals surface area contributed by atoms with Crippen molar-refractivity contribution in [2.75, 3.05) is 13.6 Å². The minimum absolute atomic E-state index is 0.193. The van der Waals surface area contributed by atoms with Crippen LogP contribution in [0.3, 0.4) is 0 Å². The number of carbonyl (C=O) groups excluding carboxylic acids is 1. The molecule has 0 atom stereocenters. The number of rotatable bonds is 2. The Balaban J connectivity index is 2.25. The molecule has 0 radical (unpaired) electrons. The Morgan fingerprint density at radius 1 is 1.42 bits per heavy atom. The van der Waals surface area contributed by atoms with Gasteiger partial charge in [-0.15, -0.1) is 0 Å². The summed E-state index contributed by atoms with van der Waals surface area (Å²) < 4.78 is 0. The molecule has 19 heavy (non-hydrogen) atoms. The van der Waals surface area contributed by atoms with Gasteiger partial charge in [0.25, 0.3) is 5.91 Å². The van der Waals surface area contributed by atoms with Gasteiger partial charge in [-0.1, -0.05) is 0 Å². The molecule has 2 heterocycles. The van der Waals surface area contributed by atoms with E-state index >= 15 is 0 Å². The van der Waals surface area contributed by atoms with Crippen LogP contribution in [0.25, 0.3) is 0 Å². The standard InChI is InChI=1S/C14H18N4O/c1-10(2)18-8-4-5-11(18)6-7-12-13(9-15)16-17(3)14(12)19/h6-7,10H,4-5,8H2,1-3H3/b11-6-,12-7+. The average Bonchev–Trinajstić information content (AvgIpc) is 2.94. The van der Waals surface area contributed by atoms with Crippen LogP contribution in [0.15, 0.2) is 28.5 Å². The lowest BCUT2D eigenvalue weighted by Crippen LogP contribution is -2.25. The summed E-state index contributed by atoms with van der Waals surface area (Å²) >= 11 is 0. The molecule has 0 N–H and O–H groups in total. The summed E-state index contributed by atoms with van der Waals surface area (Å²) in [5.41, 5.74) is 1.80. The molecule has 0 aliphatic carbocycles. The molecular weight excluding hydrogens is 240 g/mol. The van der Waals surface area contributed by atoms with Crippen molar-refractivity contribution in [2.24, 2.45) is 5.10 Å². The molecule has 0 bridgehead atoms. The van der Waals surface area contributed by atoms with Crippen LogP contribution in [0.5, 0.6) is 0 Å². The number of hydrogen-bond acceptors (Lipinski definition) is 4. The van der Waals surface area contributed by atoms with E-state index in [0.29, 0.717) is 11.6 Å². The maximum absolute atomic E-state index is 11.8. The highest BCUT2D eigenvalue weighted by Gasteiger charge is 2.27. The lowest BCUT2D eigenvalue weighted by molar-refractivity contribution is -0.124. The predicted octanol–water partition coefficient (Wildman–Crippen LogP) is 1.65. The Kier molecular flexibility index (Phi) is 3.70. The second kappa shape index (κ2) is 5.27. The third-order valence-electron chi connectivity index (χ3n) is 3.40. The SMILES string of the molecule is CC(C)N1CCC/C1=C/C=C1/C(=O)N(C)N=C1C#N. The maximum atomic E-state index is 11.8. The number of amides is 1. The number of allylic oxidation sites excluding steroid dienone is 3. The number of likely N-dealkylation sites (N-methyl/N-ethyl adjacent to an activating group) is 1. The van der Waals surface area contributed by atoms with E-state index in [9.17, 15) is 4.79 Å². The first kappa shape index (κ1) is 13.3. The molecule has 0 saturated carbocycles. The Morgan fingerprint density at radius 3 is 2.79 bits per heavy atom. The van der Waals surface area contributed by atoms with E-state index in [0.717, 1.165) is 19.4 Å². The molecule has 0 aromatic carbocycles. The van der Waals surface area contributed by atoms with Crippen molar-refractivity contribution in [2.45, 2.75) is 32.7 Å². The highest BCUT2D eigenvalue weighted by atomic mass is 16.2. The van der Waals surface area contributed by atoms with Crippen LogP contribution in [0, 0.1) is 11.3 Å². The molecule has 5 nitrogen and oxygen atoms in total. The van der Waals surface area contributed by atoms with Gasteiger partial charge in [0.05, 0.1) is 5.57 Å². The number of nitrogens with zero attached hydrogens (tertiary/aromatic N) is 4. The summed E-state index contributed by atoms with van der Waals surface area (Å²) in [5.74, 6) is -0.220. The largest absolute Gasteiger partial charge is 0.372 e. The Morgan fingerprint density at radius 2 is 2.16 bits per heavy atom. The minimum atomic E-state index is -0.220. The van der Waals surface area contributed by atoms with Crippen molar-refractivity contribution in [1.82, 2.24) is 9.91 Å². The van der Waals surface area contributed by atoms with Crippen molar-refractivity contribution in [3.8, 4) is 6.07 Å². The van der Waals surface area contributed by atoms with E-state index in [1.165, 1.54) is 10.7 Å². The van der Waals surface area contributed by atoms with E-state index in [4.69, 9.17) is 5.26 Å². The summed E-state index contributed by atoms with van der Waals surface area (Å²) in [4.78, 5) is 14.2. The fraction of sp³-hybridized carbons (Fsp3) is 0.500. The summed E-state index contributed by atoms with van der Waals surface area (Å²) in [7, 11) is 1.56. The number of likely N-dealkylation sites (tertiary alicyclic amines) is 1. The topological polar surface area (TPSA) is 59.7 Å². The van der Waals surface area contributed by atoms with E-state index < -0.39 is 0 Å². The summed E-state index contributed by atoms with van der Waals surface area (Å²) in [6, 6.07) is 2.42. The molecular formula is C14H18N4O. The highest BCUT2D eigenvalue weighted by molar-refractivity contribution is 6.30. The van der Waals surface area contributed by atoms with Gasteiger partial charge in [-0.2, -0.15) is 10.4 Å². The Labute approximate surface area is 113 Å². The summed E-state index contributed by atoms with van der Waals surface area (Å²) in [5, 5.41) is 14.1. The van der Waals surface area contributed by atoms with Crippen LogP contribution in [0.4, 0.5) is 0 Å². The molecule has 1 fully saturated rings. The molecule has 2 rings (SSSR count).